The summed E-state index contributed by atoms with van der Waals surface area (Å²) in [6, 6.07) is 4.57. The van der Waals surface area contributed by atoms with Gasteiger partial charge in [0.15, 0.2) is 0 Å². The average Bonchev–Trinajstić information content (AvgIpc) is 2.36. The maximum Gasteiger partial charge on any atom is 0.240 e. The lowest BCUT2D eigenvalue weighted by Crippen LogP contribution is -2.43. The summed E-state index contributed by atoms with van der Waals surface area (Å²) in [4.78, 5) is 0.129. The van der Waals surface area contributed by atoms with E-state index in [1.54, 1.807) is 13.0 Å². The molecule has 0 bridgehead atoms. The van der Waals surface area contributed by atoms with Crippen molar-refractivity contribution in [3.63, 3.8) is 0 Å². The third kappa shape index (κ3) is 4.45. The van der Waals surface area contributed by atoms with Crippen molar-refractivity contribution in [3.05, 3.63) is 23.8 Å². The molecule has 1 atom stereocenters. The van der Waals surface area contributed by atoms with Gasteiger partial charge in [0, 0.05) is 13.7 Å². The van der Waals surface area contributed by atoms with Crippen molar-refractivity contribution in [2.24, 2.45) is 0 Å². The first kappa shape index (κ1) is 16.9. The van der Waals surface area contributed by atoms with Gasteiger partial charge < -0.3 is 14.6 Å². The van der Waals surface area contributed by atoms with Crippen molar-refractivity contribution >= 4 is 10.0 Å². The van der Waals surface area contributed by atoms with E-state index >= 15 is 0 Å². The number of ether oxygens (including phenoxy) is 2. The molecular weight excluding hydrogens is 282 g/mol. The van der Waals surface area contributed by atoms with Crippen molar-refractivity contribution in [2.45, 2.75) is 24.3 Å². The normalized spacial score (nSPS) is 14.8. The van der Waals surface area contributed by atoms with Gasteiger partial charge >= 0.3 is 0 Å². The molecule has 20 heavy (non-hydrogen) atoms. The Hall–Kier alpha value is -1.15. The predicted octanol–water partition coefficient (Wildman–Crippen LogP) is 0.679. The van der Waals surface area contributed by atoms with E-state index in [1.165, 1.54) is 33.3 Å². The smallest absolute Gasteiger partial charge is 0.240 e. The van der Waals surface area contributed by atoms with Gasteiger partial charge in [-0.05, 0) is 37.6 Å². The van der Waals surface area contributed by atoms with Crippen molar-refractivity contribution in [2.75, 3.05) is 27.4 Å². The molecule has 1 aromatic rings. The van der Waals surface area contributed by atoms with Crippen LogP contribution >= 0.6 is 0 Å². The van der Waals surface area contributed by atoms with Crippen LogP contribution in [0.4, 0.5) is 0 Å². The van der Waals surface area contributed by atoms with Crippen molar-refractivity contribution < 1.29 is 23.0 Å². The molecule has 114 valence electrons. The lowest BCUT2D eigenvalue weighted by atomic mass is 10.1. The largest absolute Gasteiger partial charge is 0.496 e. The molecule has 1 aromatic carbocycles. The highest BCUT2D eigenvalue weighted by atomic mass is 32.2. The van der Waals surface area contributed by atoms with Crippen LogP contribution in [0.5, 0.6) is 5.75 Å². The molecular formula is C13H21NO5S. The Morgan fingerprint density at radius 2 is 2.00 bits per heavy atom. The second kappa shape index (κ2) is 6.53. The highest BCUT2D eigenvalue weighted by Gasteiger charge is 2.24. The highest BCUT2D eigenvalue weighted by Crippen LogP contribution is 2.21. The predicted molar refractivity (Wildman–Crippen MR) is 75.4 cm³/mol. The van der Waals surface area contributed by atoms with Crippen LogP contribution in [0.3, 0.4) is 0 Å². The van der Waals surface area contributed by atoms with Gasteiger partial charge in [-0.2, -0.15) is 0 Å². The minimum Gasteiger partial charge on any atom is -0.496 e. The summed E-state index contributed by atoms with van der Waals surface area (Å²) in [5, 5.41) is 9.89. The molecule has 0 aliphatic rings. The molecule has 0 fully saturated rings. The van der Waals surface area contributed by atoms with Gasteiger partial charge in [-0.3, -0.25) is 0 Å². The zero-order valence-corrected chi connectivity index (χ0v) is 13.0. The molecule has 0 aromatic heterocycles. The van der Waals surface area contributed by atoms with Crippen LogP contribution in [0, 0.1) is 6.92 Å². The zero-order chi connectivity index (χ0) is 15.4. The van der Waals surface area contributed by atoms with Crippen molar-refractivity contribution in [1.29, 1.82) is 0 Å². The van der Waals surface area contributed by atoms with Gasteiger partial charge in [-0.15, -0.1) is 0 Å². The fourth-order valence-corrected chi connectivity index (χ4v) is 2.96. The summed E-state index contributed by atoms with van der Waals surface area (Å²) in [7, 11) is -0.716. The van der Waals surface area contributed by atoms with Gasteiger partial charge in [0.25, 0.3) is 0 Å². The van der Waals surface area contributed by atoms with Crippen LogP contribution in [-0.4, -0.2) is 46.5 Å². The van der Waals surface area contributed by atoms with E-state index < -0.39 is 15.6 Å². The van der Waals surface area contributed by atoms with Crippen LogP contribution in [-0.2, 0) is 14.8 Å². The van der Waals surface area contributed by atoms with Crippen LogP contribution in [0.15, 0.2) is 23.1 Å². The van der Waals surface area contributed by atoms with Gasteiger partial charge in [-0.1, -0.05) is 0 Å². The lowest BCUT2D eigenvalue weighted by molar-refractivity contribution is -0.0119. The second-order valence-corrected chi connectivity index (χ2v) is 6.65. The van der Waals surface area contributed by atoms with Crippen LogP contribution < -0.4 is 9.46 Å². The van der Waals surface area contributed by atoms with Gasteiger partial charge in [0.05, 0.1) is 24.2 Å². The van der Waals surface area contributed by atoms with Gasteiger partial charge in [0.2, 0.25) is 10.0 Å². The molecule has 0 amide bonds. The molecule has 7 heteroatoms. The second-order valence-electron chi connectivity index (χ2n) is 4.89. The number of sulfonamides is 1. The minimum atomic E-state index is -3.68. The lowest BCUT2D eigenvalue weighted by Gasteiger charge is -2.22. The SMILES string of the molecule is COCC(C)(O)CNS(=O)(=O)c1ccc(OC)c(C)c1. The standard InChI is InChI=1S/C13H21NO5S/c1-10-7-11(5-6-12(10)19-4)20(16,17)14-8-13(2,15)9-18-3/h5-7,14-15H,8-9H2,1-4H3. The summed E-state index contributed by atoms with van der Waals surface area (Å²) in [5.74, 6) is 0.621. The first-order valence-corrected chi connectivity index (χ1v) is 7.56. The molecule has 0 radical (unpaired) electrons. The van der Waals surface area contributed by atoms with Crippen LogP contribution in [0.25, 0.3) is 0 Å². The van der Waals surface area contributed by atoms with Crippen LogP contribution in [0.2, 0.25) is 0 Å². The minimum absolute atomic E-state index is 0.0388. The summed E-state index contributed by atoms with van der Waals surface area (Å²) in [6.45, 7) is 3.17. The Bertz CT molecular complexity index is 554. The van der Waals surface area contributed by atoms with E-state index in [0.717, 1.165) is 5.56 Å². The number of rotatable bonds is 7. The van der Waals surface area contributed by atoms with Gasteiger partial charge in [-0.25, -0.2) is 13.1 Å². The fourth-order valence-electron chi connectivity index (χ4n) is 1.71. The molecule has 0 heterocycles. The summed E-state index contributed by atoms with van der Waals surface area (Å²) in [6.07, 6.45) is 0. The number of aryl methyl sites for hydroxylation is 1. The number of methoxy groups -OCH3 is 2. The monoisotopic (exact) mass is 303 g/mol. The molecule has 6 nitrogen and oxygen atoms in total. The maximum absolute atomic E-state index is 12.1. The summed E-state index contributed by atoms with van der Waals surface area (Å²) >= 11 is 0. The molecule has 0 aliphatic heterocycles. The molecule has 0 saturated heterocycles. The topological polar surface area (TPSA) is 84.9 Å². The number of aliphatic hydroxyl groups is 1. The van der Waals surface area contributed by atoms with Crippen LogP contribution in [0.1, 0.15) is 12.5 Å². The Morgan fingerprint density at radius 3 is 2.50 bits per heavy atom. The molecule has 0 saturated carbocycles. The molecule has 1 unspecified atom stereocenters. The number of nitrogens with one attached hydrogen (secondary N) is 1. The van der Waals surface area contributed by atoms with E-state index in [0.29, 0.717) is 5.75 Å². The Labute approximate surface area is 119 Å². The Balaban J connectivity index is 2.87. The zero-order valence-electron chi connectivity index (χ0n) is 12.1. The van der Waals surface area contributed by atoms with Gasteiger partial charge in [0.1, 0.15) is 5.75 Å². The van der Waals surface area contributed by atoms with E-state index in [9.17, 15) is 13.5 Å². The quantitative estimate of drug-likeness (QED) is 0.774. The highest BCUT2D eigenvalue weighted by molar-refractivity contribution is 7.89. The third-order valence-corrected chi connectivity index (χ3v) is 4.17. The summed E-state index contributed by atoms with van der Waals surface area (Å²) in [5.41, 5.74) is -0.539. The molecule has 0 spiro atoms. The molecule has 2 N–H and O–H groups in total. The number of benzene rings is 1. The van der Waals surface area contributed by atoms with E-state index in [1.807, 2.05) is 0 Å². The van der Waals surface area contributed by atoms with E-state index in [2.05, 4.69) is 4.72 Å². The number of hydrogen-bond donors (Lipinski definition) is 2. The Morgan fingerprint density at radius 1 is 1.35 bits per heavy atom. The van der Waals surface area contributed by atoms with E-state index in [-0.39, 0.29) is 18.0 Å². The third-order valence-electron chi connectivity index (χ3n) is 2.77. The maximum atomic E-state index is 12.1. The molecule has 0 aliphatic carbocycles. The first-order valence-electron chi connectivity index (χ1n) is 6.07. The van der Waals surface area contributed by atoms with Crippen molar-refractivity contribution in [3.8, 4) is 5.75 Å². The summed E-state index contributed by atoms with van der Waals surface area (Å²) < 4.78 is 36.5. The molecule has 1 rings (SSSR count). The average molecular weight is 303 g/mol. The van der Waals surface area contributed by atoms with E-state index in [4.69, 9.17) is 9.47 Å². The van der Waals surface area contributed by atoms with Crippen molar-refractivity contribution in [1.82, 2.24) is 4.72 Å². The number of hydrogen-bond acceptors (Lipinski definition) is 5. The fraction of sp³-hybridized carbons (Fsp3) is 0.538. The Kier molecular flexibility index (Phi) is 5.52. The first-order chi connectivity index (χ1) is 9.22.